The fourth-order valence-corrected chi connectivity index (χ4v) is 2.85. The van der Waals surface area contributed by atoms with Gasteiger partial charge in [-0.15, -0.1) is 0 Å². The molecule has 1 saturated heterocycles. The van der Waals surface area contributed by atoms with Gasteiger partial charge in [0.15, 0.2) is 0 Å². The van der Waals surface area contributed by atoms with Crippen LogP contribution >= 0.6 is 0 Å². The molecule has 0 radical (unpaired) electrons. The van der Waals surface area contributed by atoms with Crippen molar-refractivity contribution in [3.63, 3.8) is 0 Å². The number of likely N-dealkylation sites (tertiary alicyclic amines) is 1. The Morgan fingerprint density at radius 3 is 2.83 bits per heavy atom. The van der Waals surface area contributed by atoms with Crippen LogP contribution in [0, 0.1) is 5.92 Å². The largest absolute Gasteiger partial charge is 0.393 e. The van der Waals surface area contributed by atoms with Crippen LogP contribution in [0.5, 0.6) is 0 Å². The first-order valence-electron chi connectivity index (χ1n) is 7.18. The van der Waals surface area contributed by atoms with Gasteiger partial charge in [0.05, 0.1) is 6.10 Å². The van der Waals surface area contributed by atoms with E-state index in [1.807, 2.05) is 6.92 Å². The molecule has 1 heterocycles. The lowest BCUT2D eigenvalue weighted by molar-refractivity contribution is 0.133. The van der Waals surface area contributed by atoms with Gasteiger partial charge >= 0.3 is 0 Å². The molecule has 0 aliphatic carbocycles. The number of aliphatic hydroxyl groups is 1. The SMILES string of the molecule is CC(O)CCC1CCCN(Cc2ccccc2)C1. The number of benzene rings is 1. The van der Waals surface area contributed by atoms with E-state index in [2.05, 4.69) is 35.2 Å². The Balaban J connectivity index is 1.79. The number of piperidine rings is 1. The molecule has 1 aliphatic rings. The van der Waals surface area contributed by atoms with Crippen LogP contribution in [0.1, 0.15) is 38.2 Å². The molecule has 0 saturated carbocycles. The number of aliphatic hydroxyl groups excluding tert-OH is 1. The molecule has 2 heteroatoms. The standard InChI is InChI=1S/C16H25NO/c1-14(18)9-10-16-8-5-11-17(13-16)12-15-6-3-2-4-7-15/h2-4,6-7,14,16,18H,5,8-13H2,1H3. The number of rotatable bonds is 5. The van der Waals surface area contributed by atoms with E-state index in [0.29, 0.717) is 0 Å². The minimum absolute atomic E-state index is 0.144. The van der Waals surface area contributed by atoms with Crippen LogP contribution in [0.15, 0.2) is 30.3 Å². The number of nitrogens with zero attached hydrogens (tertiary/aromatic N) is 1. The Kier molecular flexibility index (Phi) is 5.21. The third-order valence-corrected chi connectivity index (χ3v) is 3.84. The minimum atomic E-state index is -0.144. The zero-order valence-electron chi connectivity index (χ0n) is 11.4. The summed E-state index contributed by atoms with van der Waals surface area (Å²) in [6, 6.07) is 10.7. The first-order valence-corrected chi connectivity index (χ1v) is 7.18. The van der Waals surface area contributed by atoms with E-state index in [0.717, 1.165) is 18.9 Å². The average Bonchev–Trinajstić information content (AvgIpc) is 2.38. The smallest absolute Gasteiger partial charge is 0.0512 e. The maximum absolute atomic E-state index is 9.37. The monoisotopic (exact) mass is 247 g/mol. The van der Waals surface area contributed by atoms with Gasteiger partial charge in [0.25, 0.3) is 0 Å². The van der Waals surface area contributed by atoms with Gasteiger partial charge in [-0.2, -0.15) is 0 Å². The predicted molar refractivity (Wildman–Crippen MR) is 75.4 cm³/mol. The van der Waals surface area contributed by atoms with E-state index >= 15 is 0 Å². The van der Waals surface area contributed by atoms with Gasteiger partial charge < -0.3 is 5.11 Å². The van der Waals surface area contributed by atoms with Crippen LogP contribution in [0.2, 0.25) is 0 Å². The second-order valence-corrected chi connectivity index (χ2v) is 5.66. The zero-order chi connectivity index (χ0) is 12.8. The van der Waals surface area contributed by atoms with E-state index in [-0.39, 0.29) is 6.10 Å². The van der Waals surface area contributed by atoms with Crippen molar-refractivity contribution in [3.05, 3.63) is 35.9 Å². The van der Waals surface area contributed by atoms with Gasteiger partial charge in [0, 0.05) is 13.1 Å². The minimum Gasteiger partial charge on any atom is -0.393 e. The van der Waals surface area contributed by atoms with Gasteiger partial charge in [-0.1, -0.05) is 30.3 Å². The average molecular weight is 247 g/mol. The molecular weight excluding hydrogens is 222 g/mol. The van der Waals surface area contributed by atoms with Crippen molar-refractivity contribution in [2.75, 3.05) is 13.1 Å². The molecule has 1 aromatic rings. The van der Waals surface area contributed by atoms with Crippen molar-refractivity contribution in [2.45, 2.75) is 45.3 Å². The molecule has 1 N–H and O–H groups in total. The Morgan fingerprint density at radius 2 is 2.11 bits per heavy atom. The summed E-state index contributed by atoms with van der Waals surface area (Å²) in [7, 11) is 0. The molecule has 0 amide bonds. The van der Waals surface area contributed by atoms with Gasteiger partial charge in [-0.25, -0.2) is 0 Å². The molecule has 100 valence electrons. The third kappa shape index (κ3) is 4.43. The van der Waals surface area contributed by atoms with Crippen LogP contribution in [0.4, 0.5) is 0 Å². The van der Waals surface area contributed by atoms with Crippen molar-refractivity contribution < 1.29 is 5.11 Å². The van der Waals surface area contributed by atoms with Gasteiger partial charge in [0.2, 0.25) is 0 Å². The molecule has 2 rings (SSSR count). The summed E-state index contributed by atoms with van der Waals surface area (Å²) in [6.45, 7) is 5.39. The normalized spacial score (nSPS) is 22.9. The lowest BCUT2D eigenvalue weighted by Crippen LogP contribution is -2.35. The van der Waals surface area contributed by atoms with Gasteiger partial charge in [0.1, 0.15) is 0 Å². The molecule has 1 aromatic carbocycles. The van der Waals surface area contributed by atoms with Gasteiger partial charge in [-0.3, -0.25) is 4.90 Å². The van der Waals surface area contributed by atoms with Crippen molar-refractivity contribution in [1.82, 2.24) is 4.90 Å². The van der Waals surface area contributed by atoms with Crippen molar-refractivity contribution >= 4 is 0 Å². The quantitative estimate of drug-likeness (QED) is 0.864. The molecular formula is C16H25NO. The first kappa shape index (κ1) is 13.6. The molecule has 0 spiro atoms. The topological polar surface area (TPSA) is 23.5 Å². The van der Waals surface area contributed by atoms with Crippen LogP contribution in [-0.2, 0) is 6.54 Å². The Morgan fingerprint density at radius 1 is 1.33 bits per heavy atom. The van der Waals surface area contributed by atoms with E-state index in [1.165, 1.54) is 37.9 Å². The molecule has 2 unspecified atom stereocenters. The molecule has 1 fully saturated rings. The highest BCUT2D eigenvalue weighted by Gasteiger charge is 2.19. The molecule has 2 nitrogen and oxygen atoms in total. The Bertz CT molecular complexity index is 336. The van der Waals surface area contributed by atoms with E-state index < -0.39 is 0 Å². The molecule has 0 bridgehead atoms. The highest BCUT2D eigenvalue weighted by molar-refractivity contribution is 5.14. The second-order valence-electron chi connectivity index (χ2n) is 5.66. The van der Waals surface area contributed by atoms with E-state index in [1.54, 1.807) is 0 Å². The summed E-state index contributed by atoms with van der Waals surface area (Å²) in [4.78, 5) is 2.56. The number of hydrogen-bond donors (Lipinski definition) is 1. The summed E-state index contributed by atoms with van der Waals surface area (Å²) in [5, 5.41) is 9.37. The van der Waals surface area contributed by atoms with Crippen LogP contribution in [0.3, 0.4) is 0 Å². The van der Waals surface area contributed by atoms with Crippen LogP contribution in [-0.4, -0.2) is 29.2 Å². The summed E-state index contributed by atoms with van der Waals surface area (Å²) in [6.07, 6.45) is 4.61. The molecule has 1 aliphatic heterocycles. The molecule has 18 heavy (non-hydrogen) atoms. The van der Waals surface area contributed by atoms with Crippen molar-refractivity contribution in [3.8, 4) is 0 Å². The first-order chi connectivity index (χ1) is 8.74. The van der Waals surface area contributed by atoms with Crippen LogP contribution in [0.25, 0.3) is 0 Å². The summed E-state index contributed by atoms with van der Waals surface area (Å²) in [5.41, 5.74) is 1.41. The third-order valence-electron chi connectivity index (χ3n) is 3.84. The highest BCUT2D eigenvalue weighted by Crippen LogP contribution is 2.22. The lowest BCUT2D eigenvalue weighted by atomic mass is 9.92. The molecule has 2 atom stereocenters. The van der Waals surface area contributed by atoms with Crippen molar-refractivity contribution in [2.24, 2.45) is 5.92 Å². The van der Waals surface area contributed by atoms with Crippen molar-refractivity contribution in [1.29, 1.82) is 0 Å². The summed E-state index contributed by atoms with van der Waals surface area (Å²) >= 11 is 0. The lowest BCUT2D eigenvalue weighted by Gasteiger charge is -2.33. The van der Waals surface area contributed by atoms with Crippen LogP contribution < -0.4 is 0 Å². The fraction of sp³-hybridized carbons (Fsp3) is 0.625. The fourth-order valence-electron chi connectivity index (χ4n) is 2.85. The van der Waals surface area contributed by atoms with Gasteiger partial charge in [-0.05, 0) is 50.6 Å². The van der Waals surface area contributed by atoms with E-state index in [9.17, 15) is 5.11 Å². The Hall–Kier alpha value is -0.860. The predicted octanol–water partition coefficient (Wildman–Crippen LogP) is 3.06. The number of hydrogen-bond acceptors (Lipinski definition) is 2. The maximum atomic E-state index is 9.37. The summed E-state index contributed by atoms with van der Waals surface area (Å²) in [5.74, 6) is 0.775. The van der Waals surface area contributed by atoms with E-state index in [4.69, 9.17) is 0 Å². The molecule has 0 aromatic heterocycles. The summed E-state index contributed by atoms with van der Waals surface area (Å²) < 4.78 is 0. The highest BCUT2D eigenvalue weighted by atomic mass is 16.3. The zero-order valence-corrected chi connectivity index (χ0v) is 11.4. The second kappa shape index (κ2) is 6.91. The Labute approximate surface area is 111 Å². The maximum Gasteiger partial charge on any atom is 0.0512 e.